The SMILES string of the molecule is CCCCC(CC)Cn1c(O)c(C#N)c(C)c(N=Nc2ccc(S(=O)(=O)Nc3ccc(C(=O)[O-])cc3)cc2)c1=O.[Sr+2]. The van der Waals surface area contributed by atoms with Crippen molar-refractivity contribution in [2.45, 2.75) is 57.9 Å². The number of rotatable bonds is 12. The van der Waals surface area contributed by atoms with Crippen LogP contribution in [-0.4, -0.2) is 69.5 Å². The molecule has 1 aromatic heterocycles. The zero-order chi connectivity index (χ0) is 29.4. The van der Waals surface area contributed by atoms with Gasteiger partial charge in [0.2, 0.25) is 5.88 Å². The van der Waals surface area contributed by atoms with Crippen molar-refractivity contribution in [3.63, 3.8) is 0 Å². The molecule has 3 aromatic rings. The van der Waals surface area contributed by atoms with E-state index in [0.717, 1.165) is 25.7 Å². The zero-order valence-electron chi connectivity index (χ0n) is 23.1. The number of carboxylic acids is 1. The number of aromatic hydroxyl groups is 1. The summed E-state index contributed by atoms with van der Waals surface area (Å²) in [6.45, 7) is 5.84. The maximum Gasteiger partial charge on any atom is 2.00 e. The molecular formula is C28H30N5O6SSr+. The Labute approximate surface area is 275 Å². The second kappa shape index (κ2) is 15.3. The topological polar surface area (TPSA) is 177 Å². The largest absolute Gasteiger partial charge is 2.00 e. The van der Waals surface area contributed by atoms with Crippen LogP contribution in [0.15, 0.2) is 68.4 Å². The molecule has 0 radical (unpaired) electrons. The van der Waals surface area contributed by atoms with E-state index in [4.69, 9.17) is 0 Å². The van der Waals surface area contributed by atoms with E-state index in [9.17, 15) is 33.5 Å². The van der Waals surface area contributed by atoms with Crippen molar-refractivity contribution in [3.05, 3.63) is 75.6 Å². The van der Waals surface area contributed by atoms with Crippen LogP contribution in [0.25, 0.3) is 0 Å². The number of aromatic nitrogens is 1. The Morgan fingerprint density at radius 3 is 2.29 bits per heavy atom. The molecule has 0 spiro atoms. The van der Waals surface area contributed by atoms with Crippen LogP contribution in [0.1, 0.15) is 61.0 Å². The Hall–Kier alpha value is -3.02. The number of aromatic carboxylic acids is 1. The molecule has 2 aromatic carbocycles. The van der Waals surface area contributed by atoms with Crippen LogP contribution < -0.4 is 15.4 Å². The van der Waals surface area contributed by atoms with Crippen LogP contribution in [0.5, 0.6) is 5.88 Å². The van der Waals surface area contributed by atoms with Crippen LogP contribution >= 0.6 is 0 Å². The molecule has 0 aliphatic carbocycles. The Kier molecular flexibility index (Phi) is 12.7. The minimum absolute atomic E-state index is 0. The number of nitriles is 1. The van der Waals surface area contributed by atoms with Gasteiger partial charge in [-0.05, 0) is 61.2 Å². The average molecular weight is 652 g/mol. The van der Waals surface area contributed by atoms with Gasteiger partial charge < -0.3 is 15.0 Å². The number of carbonyl (C=O) groups excluding carboxylic acids is 1. The van der Waals surface area contributed by atoms with Gasteiger partial charge in [0.05, 0.1) is 16.6 Å². The molecule has 0 bridgehead atoms. The molecule has 13 heteroatoms. The number of carbonyl (C=O) groups is 1. The number of pyridine rings is 1. The molecule has 41 heavy (non-hydrogen) atoms. The minimum Gasteiger partial charge on any atom is -0.545 e. The van der Waals surface area contributed by atoms with E-state index in [0.29, 0.717) is 0 Å². The molecule has 11 nitrogen and oxygen atoms in total. The van der Waals surface area contributed by atoms with Crippen molar-refractivity contribution in [2.24, 2.45) is 16.1 Å². The second-order valence-corrected chi connectivity index (χ2v) is 11.0. The fourth-order valence-electron chi connectivity index (χ4n) is 4.09. The van der Waals surface area contributed by atoms with Gasteiger partial charge in [-0.1, -0.05) is 45.2 Å². The summed E-state index contributed by atoms with van der Waals surface area (Å²) < 4.78 is 29.0. The summed E-state index contributed by atoms with van der Waals surface area (Å²) in [5.74, 6) is -1.63. The summed E-state index contributed by atoms with van der Waals surface area (Å²) in [5, 5.41) is 39.3. The first-order valence-corrected chi connectivity index (χ1v) is 14.2. The molecular weight excluding hydrogens is 622 g/mol. The number of nitrogens with zero attached hydrogens (tertiary/aromatic N) is 4. The molecule has 210 valence electrons. The average Bonchev–Trinajstić information content (AvgIpc) is 2.93. The molecule has 3 rings (SSSR count). The molecule has 1 heterocycles. The molecule has 0 aliphatic rings. The smallest absolute Gasteiger partial charge is 0.545 e. The standard InChI is InChI=1S/C28H31N5O6S.Sr/c1-4-6-7-19(5-2)17-33-26(34)24(16-29)18(3)25(27(33)35)31-30-21-12-14-23(15-13-21)40(38,39)32-22-10-8-20(9-11-22)28(36)37;/h8-15,19,32,34H,4-7,17H2,1-3H3,(H,36,37);/q;+2/p-1. The first-order valence-electron chi connectivity index (χ1n) is 12.7. The van der Waals surface area contributed by atoms with Crippen LogP contribution in [-0.2, 0) is 16.6 Å². The summed E-state index contributed by atoms with van der Waals surface area (Å²) in [6.07, 6.45) is 3.66. The maximum absolute atomic E-state index is 13.3. The third kappa shape index (κ3) is 8.50. The number of unbranched alkanes of at least 4 members (excludes halogenated alkanes) is 1. The fourth-order valence-corrected chi connectivity index (χ4v) is 5.15. The van der Waals surface area contributed by atoms with Gasteiger partial charge >= 0.3 is 45.5 Å². The Morgan fingerprint density at radius 2 is 1.76 bits per heavy atom. The van der Waals surface area contributed by atoms with Crippen molar-refractivity contribution >= 4 is 78.5 Å². The molecule has 0 saturated carbocycles. The zero-order valence-corrected chi connectivity index (χ0v) is 27.4. The fraction of sp³-hybridized carbons (Fsp3) is 0.321. The van der Waals surface area contributed by atoms with Gasteiger partial charge in [0.1, 0.15) is 11.6 Å². The van der Waals surface area contributed by atoms with Crippen molar-refractivity contribution in [1.82, 2.24) is 4.57 Å². The van der Waals surface area contributed by atoms with Crippen LogP contribution in [0, 0.1) is 24.2 Å². The summed E-state index contributed by atoms with van der Waals surface area (Å²) in [6, 6.07) is 12.4. The predicted molar refractivity (Wildman–Crippen MR) is 153 cm³/mol. The Morgan fingerprint density at radius 1 is 1.12 bits per heavy atom. The van der Waals surface area contributed by atoms with Crippen molar-refractivity contribution in [3.8, 4) is 11.9 Å². The summed E-state index contributed by atoms with van der Waals surface area (Å²) in [7, 11) is -3.99. The maximum atomic E-state index is 13.3. The molecule has 0 amide bonds. The van der Waals surface area contributed by atoms with Crippen LogP contribution in [0.2, 0.25) is 0 Å². The third-order valence-electron chi connectivity index (χ3n) is 6.54. The molecule has 0 fully saturated rings. The number of carboxylic acid groups (broad SMARTS) is 1. The number of nitrogens with one attached hydrogen (secondary N) is 1. The predicted octanol–water partition coefficient (Wildman–Crippen LogP) is 4.15. The van der Waals surface area contributed by atoms with Gasteiger partial charge in [-0.3, -0.25) is 14.1 Å². The quantitative estimate of drug-likeness (QED) is 0.218. The number of hydrogen-bond acceptors (Lipinski definition) is 9. The number of azo groups is 1. The molecule has 0 aliphatic heterocycles. The summed E-state index contributed by atoms with van der Waals surface area (Å²) in [4.78, 5) is 24.1. The molecule has 1 atom stereocenters. The molecule has 0 saturated heterocycles. The number of anilines is 1. The van der Waals surface area contributed by atoms with Crippen molar-refractivity contribution in [2.75, 3.05) is 4.72 Å². The van der Waals surface area contributed by atoms with Gasteiger partial charge in [0.15, 0.2) is 5.69 Å². The van der Waals surface area contributed by atoms with Crippen LogP contribution in [0.4, 0.5) is 17.1 Å². The van der Waals surface area contributed by atoms with E-state index < -0.39 is 27.4 Å². The van der Waals surface area contributed by atoms with E-state index in [1.165, 1.54) is 60.0 Å². The monoisotopic (exact) mass is 652 g/mol. The van der Waals surface area contributed by atoms with Crippen molar-refractivity contribution in [1.29, 1.82) is 5.26 Å². The summed E-state index contributed by atoms with van der Waals surface area (Å²) >= 11 is 0. The Balaban J connectivity index is 0.00000588. The van der Waals surface area contributed by atoms with Gasteiger partial charge in [0, 0.05) is 17.8 Å². The van der Waals surface area contributed by atoms with E-state index in [-0.39, 0.29) is 96.6 Å². The Bertz CT molecular complexity index is 1610. The second-order valence-electron chi connectivity index (χ2n) is 9.28. The van der Waals surface area contributed by atoms with Gasteiger partial charge in [-0.2, -0.15) is 10.4 Å². The van der Waals surface area contributed by atoms with E-state index in [2.05, 4.69) is 21.9 Å². The minimum atomic E-state index is -3.99. The number of hydrogen-bond donors (Lipinski definition) is 2. The molecule has 2 N–H and O–H groups in total. The van der Waals surface area contributed by atoms with Gasteiger partial charge in [-0.15, -0.1) is 5.11 Å². The van der Waals surface area contributed by atoms with Gasteiger partial charge in [-0.25, -0.2) is 8.42 Å². The first-order chi connectivity index (χ1) is 19.0. The van der Waals surface area contributed by atoms with E-state index in [1.54, 1.807) is 0 Å². The van der Waals surface area contributed by atoms with E-state index in [1.807, 2.05) is 13.0 Å². The summed E-state index contributed by atoms with van der Waals surface area (Å²) in [5.41, 5.74) is -0.181. The first kappa shape index (κ1) is 34.2. The van der Waals surface area contributed by atoms with Crippen molar-refractivity contribution < 1.29 is 23.4 Å². The van der Waals surface area contributed by atoms with Gasteiger partial charge in [0.25, 0.3) is 15.6 Å². The normalized spacial score (nSPS) is 12.0. The number of sulfonamides is 1. The molecule has 1 unspecified atom stereocenters. The number of benzene rings is 2. The van der Waals surface area contributed by atoms with E-state index >= 15 is 0 Å². The third-order valence-corrected chi connectivity index (χ3v) is 7.94. The van der Waals surface area contributed by atoms with Crippen LogP contribution in [0.3, 0.4) is 0 Å².